The van der Waals surface area contributed by atoms with Crippen molar-refractivity contribution < 1.29 is 15.0 Å². The molecule has 1 heterocycles. The Morgan fingerprint density at radius 3 is 2.55 bits per heavy atom. The number of nitrogens with zero attached hydrogens (tertiary/aromatic N) is 1. The SMILES string of the molecule is CCCCCC(O)C=Cc1cn(CC(C)(C)C)c(C)c1C/C=C\CCCC(=O)O. The first-order valence-corrected chi connectivity index (χ1v) is 11.1. The number of unbranched alkanes of at least 4 members (excludes halogenated alkanes) is 3. The van der Waals surface area contributed by atoms with Crippen LogP contribution in [0.3, 0.4) is 0 Å². The van der Waals surface area contributed by atoms with Gasteiger partial charge in [-0.3, -0.25) is 4.79 Å². The third kappa shape index (κ3) is 10.5. The Kier molecular flexibility index (Phi) is 11.0. The lowest BCUT2D eigenvalue weighted by Crippen LogP contribution is -2.15. The molecule has 0 fully saturated rings. The monoisotopic (exact) mass is 403 g/mol. The van der Waals surface area contributed by atoms with Crippen molar-refractivity contribution in [2.24, 2.45) is 5.41 Å². The molecule has 2 N–H and O–H groups in total. The maximum Gasteiger partial charge on any atom is 0.303 e. The molecule has 1 unspecified atom stereocenters. The zero-order valence-corrected chi connectivity index (χ0v) is 19.1. The van der Waals surface area contributed by atoms with Crippen LogP contribution in [0.1, 0.15) is 89.5 Å². The number of carbonyl (C=O) groups is 1. The molecular weight excluding hydrogens is 362 g/mol. The summed E-state index contributed by atoms with van der Waals surface area (Å²) in [5.74, 6) is -0.738. The summed E-state index contributed by atoms with van der Waals surface area (Å²) in [6.45, 7) is 12.0. The third-order valence-electron chi connectivity index (χ3n) is 5.01. The molecule has 29 heavy (non-hydrogen) atoms. The van der Waals surface area contributed by atoms with Crippen molar-refractivity contribution >= 4 is 12.0 Å². The maximum absolute atomic E-state index is 10.6. The minimum Gasteiger partial charge on any atom is -0.481 e. The van der Waals surface area contributed by atoms with Crippen LogP contribution in [-0.4, -0.2) is 26.9 Å². The molecule has 0 spiro atoms. The molecular formula is C25H41NO3. The smallest absolute Gasteiger partial charge is 0.303 e. The minimum absolute atomic E-state index is 0.189. The molecule has 0 radical (unpaired) electrons. The number of aliphatic hydroxyl groups is 1. The van der Waals surface area contributed by atoms with E-state index in [-0.39, 0.29) is 11.8 Å². The molecule has 1 aromatic heterocycles. The lowest BCUT2D eigenvalue weighted by molar-refractivity contribution is -0.137. The number of aromatic nitrogens is 1. The van der Waals surface area contributed by atoms with Crippen LogP contribution in [0, 0.1) is 12.3 Å². The molecule has 4 nitrogen and oxygen atoms in total. The average Bonchev–Trinajstić information content (AvgIpc) is 2.90. The van der Waals surface area contributed by atoms with Gasteiger partial charge in [0.25, 0.3) is 0 Å². The van der Waals surface area contributed by atoms with Gasteiger partial charge in [0.1, 0.15) is 0 Å². The van der Waals surface area contributed by atoms with Crippen molar-refractivity contribution in [2.45, 2.75) is 98.6 Å². The van der Waals surface area contributed by atoms with Crippen LogP contribution >= 0.6 is 0 Å². The Morgan fingerprint density at radius 1 is 1.21 bits per heavy atom. The molecule has 0 aliphatic rings. The fourth-order valence-corrected chi connectivity index (χ4v) is 3.41. The van der Waals surface area contributed by atoms with Gasteiger partial charge in [-0.1, -0.05) is 71.3 Å². The summed E-state index contributed by atoms with van der Waals surface area (Å²) in [5.41, 5.74) is 3.89. The number of hydrogen-bond donors (Lipinski definition) is 2. The molecule has 0 amide bonds. The lowest BCUT2D eigenvalue weighted by atomic mass is 9.97. The van der Waals surface area contributed by atoms with Crippen molar-refractivity contribution in [3.05, 3.63) is 41.2 Å². The summed E-state index contributed by atoms with van der Waals surface area (Å²) in [7, 11) is 0. The highest BCUT2D eigenvalue weighted by molar-refractivity contribution is 5.66. The van der Waals surface area contributed by atoms with Gasteiger partial charge in [-0.15, -0.1) is 0 Å². The molecule has 0 bridgehead atoms. The number of allylic oxidation sites excluding steroid dienone is 2. The van der Waals surface area contributed by atoms with Gasteiger partial charge >= 0.3 is 5.97 Å². The molecule has 0 saturated carbocycles. The Balaban J connectivity index is 2.89. The molecule has 0 saturated heterocycles. The van der Waals surface area contributed by atoms with Gasteiger partial charge in [-0.25, -0.2) is 0 Å². The van der Waals surface area contributed by atoms with E-state index in [2.05, 4.69) is 63.6 Å². The Hall–Kier alpha value is -1.81. The van der Waals surface area contributed by atoms with Crippen molar-refractivity contribution in [3.63, 3.8) is 0 Å². The first-order valence-electron chi connectivity index (χ1n) is 11.1. The van der Waals surface area contributed by atoms with Crippen LogP contribution < -0.4 is 0 Å². The van der Waals surface area contributed by atoms with E-state index < -0.39 is 12.1 Å². The number of rotatable bonds is 13. The Labute approximate surface area is 177 Å². The van der Waals surface area contributed by atoms with E-state index in [1.54, 1.807) is 0 Å². The summed E-state index contributed by atoms with van der Waals surface area (Å²) < 4.78 is 2.32. The second kappa shape index (κ2) is 12.7. The average molecular weight is 404 g/mol. The quantitative estimate of drug-likeness (QED) is 0.307. The van der Waals surface area contributed by atoms with Gasteiger partial charge in [-0.05, 0) is 49.1 Å². The largest absolute Gasteiger partial charge is 0.481 e. The second-order valence-electron chi connectivity index (χ2n) is 9.22. The highest BCUT2D eigenvalue weighted by Gasteiger charge is 2.16. The van der Waals surface area contributed by atoms with E-state index in [1.807, 2.05) is 6.08 Å². The first kappa shape index (κ1) is 25.2. The fraction of sp³-hybridized carbons (Fsp3) is 0.640. The first-order chi connectivity index (χ1) is 13.6. The molecule has 1 rings (SSSR count). The molecule has 0 aromatic carbocycles. The maximum atomic E-state index is 10.6. The van der Waals surface area contributed by atoms with Crippen molar-refractivity contribution in [3.8, 4) is 0 Å². The molecule has 1 aromatic rings. The Bertz CT molecular complexity index is 677. The number of aliphatic hydroxyl groups excluding tert-OH is 1. The van der Waals surface area contributed by atoms with E-state index in [9.17, 15) is 9.90 Å². The van der Waals surface area contributed by atoms with Crippen molar-refractivity contribution in [1.29, 1.82) is 0 Å². The molecule has 4 heteroatoms. The second-order valence-corrected chi connectivity index (χ2v) is 9.22. The van der Waals surface area contributed by atoms with E-state index >= 15 is 0 Å². The van der Waals surface area contributed by atoms with Crippen molar-refractivity contribution in [2.75, 3.05) is 0 Å². The van der Waals surface area contributed by atoms with Gasteiger partial charge in [0.05, 0.1) is 6.10 Å². The van der Waals surface area contributed by atoms with Crippen LogP contribution in [0.5, 0.6) is 0 Å². The Morgan fingerprint density at radius 2 is 1.93 bits per heavy atom. The summed E-state index contributed by atoms with van der Waals surface area (Å²) in [6, 6.07) is 0. The topological polar surface area (TPSA) is 62.5 Å². The van der Waals surface area contributed by atoms with E-state index in [0.29, 0.717) is 6.42 Å². The zero-order valence-electron chi connectivity index (χ0n) is 19.1. The van der Waals surface area contributed by atoms with Gasteiger partial charge in [0.2, 0.25) is 0 Å². The predicted octanol–water partition coefficient (Wildman–Crippen LogP) is 6.15. The molecule has 0 aliphatic heterocycles. The fourth-order valence-electron chi connectivity index (χ4n) is 3.41. The van der Waals surface area contributed by atoms with Crippen LogP contribution in [0.15, 0.2) is 24.4 Å². The van der Waals surface area contributed by atoms with Gasteiger partial charge in [0, 0.05) is 24.9 Å². The van der Waals surface area contributed by atoms with E-state index in [4.69, 9.17) is 5.11 Å². The number of aliphatic carboxylic acids is 1. The molecule has 0 aliphatic carbocycles. The minimum atomic E-state index is -0.738. The summed E-state index contributed by atoms with van der Waals surface area (Å²) in [6.07, 6.45) is 16.7. The normalized spacial score (nSPS) is 13.6. The van der Waals surface area contributed by atoms with Crippen LogP contribution in [0.2, 0.25) is 0 Å². The van der Waals surface area contributed by atoms with Crippen LogP contribution in [0.4, 0.5) is 0 Å². The number of hydrogen-bond acceptors (Lipinski definition) is 2. The summed E-state index contributed by atoms with van der Waals surface area (Å²) in [4.78, 5) is 10.6. The highest BCUT2D eigenvalue weighted by Crippen LogP contribution is 2.25. The van der Waals surface area contributed by atoms with E-state index in [0.717, 1.165) is 50.6 Å². The van der Waals surface area contributed by atoms with Gasteiger partial charge in [-0.2, -0.15) is 0 Å². The standard InChI is InChI=1S/C25H41NO3/c1-6-7-10-13-22(27)17-16-21-18-26(19-25(3,4)5)20(2)23(21)14-11-8-9-12-15-24(28)29/h8,11,16-18,22,27H,6-7,9-10,12-15,19H2,1-5H3,(H,28,29)/b11-8-,17-16?. The molecule has 164 valence electrons. The van der Waals surface area contributed by atoms with Crippen LogP contribution in [0.25, 0.3) is 6.08 Å². The van der Waals surface area contributed by atoms with Gasteiger partial charge < -0.3 is 14.8 Å². The highest BCUT2D eigenvalue weighted by atomic mass is 16.4. The predicted molar refractivity (Wildman–Crippen MR) is 122 cm³/mol. The van der Waals surface area contributed by atoms with E-state index in [1.165, 1.54) is 11.3 Å². The van der Waals surface area contributed by atoms with Crippen LogP contribution in [-0.2, 0) is 17.8 Å². The summed E-state index contributed by atoms with van der Waals surface area (Å²) >= 11 is 0. The van der Waals surface area contributed by atoms with Crippen molar-refractivity contribution in [1.82, 2.24) is 4.57 Å². The number of carboxylic acid groups (broad SMARTS) is 1. The molecule has 1 atom stereocenters. The van der Waals surface area contributed by atoms with Gasteiger partial charge in [0.15, 0.2) is 0 Å². The third-order valence-corrected chi connectivity index (χ3v) is 5.01. The lowest BCUT2D eigenvalue weighted by Gasteiger charge is -2.20. The zero-order chi connectivity index (χ0) is 21.9. The number of carboxylic acids is 1. The summed E-state index contributed by atoms with van der Waals surface area (Å²) in [5, 5.41) is 19.0.